The van der Waals surface area contributed by atoms with E-state index in [4.69, 9.17) is 4.74 Å². The van der Waals surface area contributed by atoms with Gasteiger partial charge in [0.1, 0.15) is 17.3 Å². The number of aryl methyl sites for hydroxylation is 2. The second kappa shape index (κ2) is 5.41. The van der Waals surface area contributed by atoms with E-state index in [-0.39, 0.29) is 5.82 Å². The summed E-state index contributed by atoms with van der Waals surface area (Å²) in [6.45, 7) is 5.55. The molecule has 0 aromatic heterocycles. The monoisotopic (exact) mass is 260 g/mol. The van der Waals surface area contributed by atoms with Gasteiger partial charge in [-0.05, 0) is 50.6 Å². The molecule has 3 heteroatoms. The Bertz CT molecular complexity index is 591. The first-order valence-corrected chi connectivity index (χ1v) is 6.20. The summed E-state index contributed by atoms with van der Waals surface area (Å²) in [5.41, 5.74) is 2.60. The molecular formula is C16H17FO2. The predicted molar refractivity (Wildman–Crippen MR) is 73.0 cm³/mol. The highest BCUT2D eigenvalue weighted by molar-refractivity contribution is 5.43. The summed E-state index contributed by atoms with van der Waals surface area (Å²) < 4.78 is 19.0. The zero-order chi connectivity index (χ0) is 14.0. The van der Waals surface area contributed by atoms with Crippen LogP contribution in [-0.4, -0.2) is 5.11 Å². The van der Waals surface area contributed by atoms with E-state index in [9.17, 15) is 9.50 Å². The molecule has 0 saturated carbocycles. The first kappa shape index (κ1) is 13.6. The van der Waals surface area contributed by atoms with Crippen molar-refractivity contribution in [1.82, 2.24) is 0 Å². The lowest BCUT2D eigenvalue weighted by Gasteiger charge is -2.15. The lowest BCUT2D eigenvalue weighted by molar-refractivity contribution is 0.195. The summed E-state index contributed by atoms with van der Waals surface area (Å²) in [7, 11) is 0. The average Bonchev–Trinajstić information content (AvgIpc) is 2.34. The van der Waals surface area contributed by atoms with Crippen molar-refractivity contribution in [3.8, 4) is 11.5 Å². The average molecular weight is 260 g/mol. The summed E-state index contributed by atoms with van der Waals surface area (Å²) in [5, 5.41) is 9.67. The zero-order valence-corrected chi connectivity index (χ0v) is 11.3. The molecule has 0 fully saturated rings. The number of rotatable bonds is 3. The normalized spacial score (nSPS) is 12.3. The maximum atomic E-state index is 13.2. The SMILES string of the molecule is Cc1ccc(Oc2ccc(F)cc2[C@H](C)O)c(C)c1. The minimum Gasteiger partial charge on any atom is -0.457 e. The molecule has 0 bridgehead atoms. The highest BCUT2D eigenvalue weighted by Crippen LogP contribution is 2.32. The Balaban J connectivity index is 2.38. The van der Waals surface area contributed by atoms with Crippen LogP contribution in [0.15, 0.2) is 36.4 Å². The van der Waals surface area contributed by atoms with Crippen LogP contribution < -0.4 is 4.74 Å². The molecule has 1 N–H and O–H groups in total. The van der Waals surface area contributed by atoms with Crippen LogP contribution in [0.2, 0.25) is 0 Å². The van der Waals surface area contributed by atoms with Gasteiger partial charge >= 0.3 is 0 Å². The molecule has 0 unspecified atom stereocenters. The van der Waals surface area contributed by atoms with Gasteiger partial charge in [0.2, 0.25) is 0 Å². The number of aliphatic hydroxyl groups excluding tert-OH is 1. The molecule has 0 radical (unpaired) electrons. The summed E-state index contributed by atoms with van der Waals surface area (Å²) in [6.07, 6.45) is -0.781. The molecule has 0 spiro atoms. The number of benzene rings is 2. The fourth-order valence-corrected chi connectivity index (χ4v) is 1.97. The van der Waals surface area contributed by atoms with E-state index in [1.165, 1.54) is 18.2 Å². The van der Waals surface area contributed by atoms with Crippen molar-refractivity contribution >= 4 is 0 Å². The Kier molecular flexibility index (Phi) is 3.86. The predicted octanol–water partition coefficient (Wildman–Crippen LogP) is 4.29. The van der Waals surface area contributed by atoms with Crippen LogP contribution in [0.3, 0.4) is 0 Å². The third kappa shape index (κ3) is 3.12. The molecule has 0 aliphatic heterocycles. The van der Waals surface area contributed by atoms with Gasteiger partial charge in [0.05, 0.1) is 6.10 Å². The second-order valence-electron chi connectivity index (χ2n) is 4.73. The van der Waals surface area contributed by atoms with Crippen molar-refractivity contribution in [1.29, 1.82) is 0 Å². The highest BCUT2D eigenvalue weighted by Gasteiger charge is 2.12. The van der Waals surface area contributed by atoms with Gasteiger partial charge < -0.3 is 9.84 Å². The minimum absolute atomic E-state index is 0.385. The van der Waals surface area contributed by atoms with E-state index in [1.807, 2.05) is 32.0 Å². The largest absolute Gasteiger partial charge is 0.457 e. The molecule has 2 nitrogen and oxygen atoms in total. The molecule has 2 rings (SSSR count). The maximum Gasteiger partial charge on any atom is 0.133 e. The molecule has 2 aromatic rings. The molecule has 0 amide bonds. The van der Waals surface area contributed by atoms with Gasteiger partial charge in [-0.2, -0.15) is 0 Å². The van der Waals surface area contributed by atoms with Crippen LogP contribution in [-0.2, 0) is 0 Å². The van der Waals surface area contributed by atoms with E-state index in [0.29, 0.717) is 17.1 Å². The molecule has 0 aliphatic rings. The van der Waals surface area contributed by atoms with E-state index in [0.717, 1.165) is 11.1 Å². The summed E-state index contributed by atoms with van der Waals surface area (Å²) >= 11 is 0. The molecule has 0 heterocycles. The number of aliphatic hydroxyl groups is 1. The standard InChI is InChI=1S/C16H17FO2/c1-10-4-6-15(11(2)8-10)19-16-7-5-13(17)9-14(16)12(3)18/h4-9,12,18H,1-3H3/t12-/m0/s1. The van der Waals surface area contributed by atoms with Crippen LogP contribution in [0.4, 0.5) is 4.39 Å². The van der Waals surface area contributed by atoms with E-state index in [2.05, 4.69) is 0 Å². The molecule has 0 aliphatic carbocycles. The smallest absolute Gasteiger partial charge is 0.133 e. The lowest BCUT2D eigenvalue weighted by atomic mass is 10.1. The molecule has 2 aromatic carbocycles. The summed E-state index contributed by atoms with van der Waals surface area (Å²) in [5.74, 6) is 0.798. The van der Waals surface area contributed by atoms with Crippen LogP contribution in [0, 0.1) is 19.7 Å². The topological polar surface area (TPSA) is 29.5 Å². The van der Waals surface area contributed by atoms with E-state index >= 15 is 0 Å². The quantitative estimate of drug-likeness (QED) is 0.892. The fourth-order valence-electron chi connectivity index (χ4n) is 1.97. The van der Waals surface area contributed by atoms with Gasteiger partial charge in [-0.25, -0.2) is 4.39 Å². The van der Waals surface area contributed by atoms with Gasteiger partial charge in [0, 0.05) is 5.56 Å². The van der Waals surface area contributed by atoms with Crippen LogP contribution in [0.1, 0.15) is 29.7 Å². The van der Waals surface area contributed by atoms with Crippen molar-refractivity contribution in [3.63, 3.8) is 0 Å². The van der Waals surface area contributed by atoms with Crippen molar-refractivity contribution in [2.45, 2.75) is 26.9 Å². The van der Waals surface area contributed by atoms with Gasteiger partial charge in [-0.15, -0.1) is 0 Å². The van der Waals surface area contributed by atoms with Crippen LogP contribution >= 0.6 is 0 Å². The van der Waals surface area contributed by atoms with Gasteiger partial charge in [-0.3, -0.25) is 0 Å². The Morgan fingerprint density at radius 1 is 1.05 bits per heavy atom. The Morgan fingerprint density at radius 3 is 2.37 bits per heavy atom. The Labute approximate surface area is 112 Å². The second-order valence-corrected chi connectivity index (χ2v) is 4.73. The third-order valence-electron chi connectivity index (χ3n) is 2.97. The van der Waals surface area contributed by atoms with Gasteiger partial charge in [0.25, 0.3) is 0 Å². The zero-order valence-electron chi connectivity index (χ0n) is 11.3. The molecule has 100 valence electrons. The number of halogens is 1. The van der Waals surface area contributed by atoms with Crippen molar-refractivity contribution < 1.29 is 14.2 Å². The Morgan fingerprint density at radius 2 is 1.74 bits per heavy atom. The summed E-state index contributed by atoms with van der Waals surface area (Å²) in [4.78, 5) is 0. The van der Waals surface area contributed by atoms with E-state index < -0.39 is 6.10 Å². The first-order valence-electron chi connectivity index (χ1n) is 6.20. The van der Waals surface area contributed by atoms with Crippen molar-refractivity contribution in [3.05, 3.63) is 58.9 Å². The minimum atomic E-state index is -0.781. The fraction of sp³-hybridized carbons (Fsp3) is 0.250. The van der Waals surface area contributed by atoms with Crippen molar-refractivity contribution in [2.75, 3.05) is 0 Å². The van der Waals surface area contributed by atoms with Crippen molar-refractivity contribution in [2.24, 2.45) is 0 Å². The lowest BCUT2D eigenvalue weighted by Crippen LogP contribution is -1.98. The highest BCUT2D eigenvalue weighted by atomic mass is 19.1. The number of hydrogen-bond acceptors (Lipinski definition) is 2. The van der Waals surface area contributed by atoms with Gasteiger partial charge in [0.15, 0.2) is 0 Å². The first-order chi connectivity index (χ1) is 8.97. The Hall–Kier alpha value is -1.87. The third-order valence-corrected chi connectivity index (χ3v) is 2.97. The summed E-state index contributed by atoms with van der Waals surface area (Å²) in [6, 6.07) is 10.00. The van der Waals surface area contributed by atoms with E-state index in [1.54, 1.807) is 6.92 Å². The molecule has 1 atom stereocenters. The molecule has 19 heavy (non-hydrogen) atoms. The molecule has 0 saturated heterocycles. The number of hydrogen-bond donors (Lipinski definition) is 1. The maximum absolute atomic E-state index is 13.2. The molecular weight excluding hydrogens is 243 g/mol. The number of ether oxygens (including phenoxy) is 1. The van der Waals surface area contributed by atoms with Crippen LogP contribution in [0.25, 0.3) is 0 Å². The van der Waals surface area contributed by atoms with Crippen LogP contribution in [0.5, 0.6) is 11.5 Å². The van der Waals surface area contributed by atoms with Gasteiger partial charge in [-0.1, -0.05) is 17.7 Å².